The highest BCUT2D eigenvalue weighted by atomic mass is 79.9. The van der Waals surface area contributed by atoms with Gasteiger partial charge >= 0.3 is 0 Å². The van der Waals surface area contributed by atoms with Crippen LogP contribution in [-0.4, -0.2) is 16.3 Å². The van der Waals surface area contributed by atoms with Crippen molar-refractivity contribution in [3.05, 3.63) is 40.0 Å². The van der Waals surface area contributed by atoms with Crippen molar-refractivity contribution in [2.75, 3.05) is 11.9 Å². The molecule has 3 rings (SSSR count). The Labute approximate surface area is 115 Å². The maximum Gasteiger partial charge on any atom is 0.133 e. The zero-order chi connectivity index (χ0) is 12.7. The van der Waals surface area contributed by atoms with Crippen molar-refractivity contribution in [2.24, 2.45) is 0 Å². The van der Waals surface area contributed by atoms with Gasteiger partial charge in [0.05, 0.1) is 11.4 Å². The van der Waals surface area contributed by atoms with Crippen LogP contribution in [0.4, 0.5) is 5.82 Å². The topological polar surface area (TPSA) is 29.9 Å². The highest BCUT2D eigenvalue weighted by Gasteiger charge is 2.24. The summed E-state index contributed by atoms with van der Waals surface area (Å²) in [7, 11) is 0. The van der Waals surface area contributed by atoms with Gasteiger partial charge in [0.15, 0.2) is 0 Å². The molecule has 0 aliphatic carbocycles. The van der Waals surface area contributed by atoms with E-state index >= 15 is 0 Å². The second-order valence-electron chi connectivity index (χ2n) is 4.91. The van der Waals surface area contributed by atoms with Gasteiger partial charge in [-0.1, -0.05) is 26.0 Å². The average Bonchev–Trinajstić information content (AvgIpc) is 2.90. The maximum atomic E-state index is 4.79. The maximum absolute atomic E-state index is 4.79. The third-order valence-corrected chi connectivity index (χ3v) is 3.98. The van der Waals surface area contributed by atoms with Crippen molar-refractivity contribution in [2.45, 2.75) is 26.2 Å². The number of halogens is 1. The molecule has 1 aromatic heterocycles. The largest absolute Gasteiger partial charge is 0.369 e. The Balaban J connectivity index is 2.19. The van der Waals surface area contributed by atoms with Crippen LogP contribution in [-0.2, 0) is 6.42 Å². The number of nitrogens with zero attached hydrogens (tertiary/aromatic N) is 2. The Bertz CT molecular complexity index is 587. The molecule has 94 valence electrons. The molecule has 0 unspecified atom stereocenters. The van der Waals surface area contributed by atoms with E-state index in [0.29, 0.717) is 5.92 Å². The Hall–Kier alpha value is -1.29. The number of rotatable bonds is 2. The number of anilines is 1. The Kier molecular flexibility index (Phi) is 2.90. The van der Waals surface area contributed by atoms with Crippen molar-refractivity contribution in [3.63, 3.8) is 0 Å². The fourth-order valence-corrected chi connectivity index (χ4v) is 2.92. The van der Waals surface area contributed by atoms with E-state index in [-0.39, 0.29) is 0 Å². The van der Waals surface area contributed by atoms with E-state index in [4.69, 9.17) is 5.10 Å². The minimum Gasteiger partial charge on any atom is -0.369 e. The van der Waals surface area contributed by atoms with E-state index in [1.165, 1.54) is 11.3 Å². The van der Waals surface area contributed by atoms with E-state index in [1.54, 1.807) is 0 Å². The summed E-state index contributed by atoms with van der Waals surface area (Å²) >= 11 is 3.60. The summed E-state index contributed by atoms with van der Waals surface area (Å²) < 4.78 is 3.10. The number of nitrogens with one attached hydrogen (secondary N) is 1. The molecule has 18 heavy (non-hydrogen) atoms. The van der Waals surface area contributed by atoms with Gasteiger partial charge in [0.2, 0.25) is 0 Å². The highest BCUT2D eigenvalue weighted by Crippen LogP contribution is 2.34. The van der Waals surface area contributed by atoms with Crippen LogP contribution in [0.1, 0.15) is 31.0 Å². The van der Waals surface area contributed by atoms with E-state index in [2.05, 4.69) is 41.2 Å². The first-order chi connectivity index (χ1) is 8.68. The van der Waals surface area contributed by atoms with Gasteiger partial charge in [0.1, 0.15) is 5.82 Å². The van der Waals surface area contributed by atoms with E-state index < -0.39 is 0 Å². The van der Waals surface area contributed by atoms with Crippen LogP contribution in [0.15, 0.2) is 28.7 Å². The standard InChI is InChI=1S/C14H16BrN3/c1-9(2)13-10-7-8-16-14(10)18(17-13)12-6-4-3-5-11(12)15/h3-6,9,16H,7-8H2,1-2H3. The van der Waals surface area contributed by atoms with E-state index in [1.807, 2.05) is 22.9 Å². The Morgan fingerprint density at radius 1 is 1.33 bits per heavy atom. The second kappa shape index (κ2) is 4.43. The molecule has 3 nitrogen and oxygen atoms in total. The van der Waals surface area contributed by atoms with Crippen LogP contribution in [0.25, 0.3) is 5.69 Å². The van der Waals surface area contributed by atoms with Gasteiger partial charge in [-0.3, -0.25) is 0 Å². The smallest absolute Gasteiger partial charge is 0.133 e. The summed E-state index contributed by atoms with van der Waals surface area (Å²) in [6.45, 7) is 5.41. The quantitative estimate of drug-likeness (QED) is 0.916. The van der Waals surface area contributed by atoms with Crippen molar-refractivity contribution in [1.29, 1.82) is 0 Å². The van der Waals surface area contributed by atoms with Crippen LogP contribution in [0.2, 0.25) is 0 Å². The first-order valence-electron chi connectivity index (χ1n) is 6.29. The molecule has 0 saturated heterocycles. The lowest BCUT2D eigenvalue weighted by atomic mass is 10.1. The molecule has 0 saturated carbocycles. The van der Waals surface area contributed by atoms with Crippen LogP contribution in [0.5, 0.6) is 0 Å². The normalized spacial score (nSPS) is 13.8. The molecule has 1 aliphatic heterocycles. The number of hydrogen-bond acceptors (Lipinski definition) is 2. The summed E-state index contributed by atoms with van der Waals surface area (Å²) in [5.74, 6) is 1.62. The second-order valence-corrected chi connectivity index (χ2v) is 5.76. The summed E-state index contributed by atoms with van der Waals surface area (Å²) in [5.41, 5.74) is 3.68. The average molecular weight is 306 g/mol. The molecule has 2 heterocycles. The lowest BCUT2D eigenvalue weighted by Gasteiger charge is -2.08. The summed E-state index contributed by atoms with van der Waals surface area (Å²) in [6, 6.07) is 8.20. The molecule has 1 aliphatic rings. The molecule has 1 aromatic carbocycles. The van der Waals surface area contributed by atoms with Gasteiger partial charge in [-0.25, -0.2) is 4.68 Å². The number of hydrogen-bond donors (Lipinski definition) is 1. The fraction of sp³-hybridized carbons (Fsp3) is 0.357. The molecule has 0 atom stereocenters. The molecule has 0 bridgehead atoms. The number of fused-ring (bicyclic) bond motifs is 1. The van der Waals surface area contributed by atoms with E-state index in [9.17, 15) is 0 Å². The lowest BCUT2D eigenvalue weighted by Crippen LogP contribution is -2.05. The number of benzene rings is 1. The molecule has 0 radical (unpaired) electrons. The van der Waals surface area contributed by atoms with Crippen molar-refractivity contribution in [1.82, 2.24) is 9.78 Å². The minimum atomic E-state index is 0.461. The van der Waals surface area contributed by atoms with Crippen LogP contribution in [0, 0.1) is 0 Å². The molecular weight excluding hydrogens is 290 g/mol. The Morgan fingerprint density at radius 2 is 2.11 bits per heavy atom. The molecule has 1 N–H and O–H groups in total. The fourth-order valence-electron chi connectivity index (χ4n) is 2.46. The minimum absolute atomic E-state index is 0.461. The summed E-state index contributed by atoms with van der Waals surface area (Å²) in [5, 5.41) is 8.24. The molecule has 0 amide bonds. The predicted molar refractivity (Wildman–Crippen MR) is 77.5 cm³/mol. The van der Waals surface area contributed by atoms with E-state index in [0.717, 1.165) is 28.9 Å². The third kappa shape index (κ3) is 1.75. The van der Waals surface area contributed by atoms with Crippen LogP contribution < -0.4 is 5.32 Å². The van der Waals surface area contributed by atoms with Gasteiger partial charge < -0.3 is 5.32 Å². The Morgan fingerprint density at radius 3 is 2.83 bits per heavy atom. The molecule has 4 heteroatoms. The van der Waals surface area contributed by atoms with Crippen molar-refractivity contribution in [3.8, 4) is 5.69 Å². The molecule has 2 aromatic rings. The van der Waals surface area contributed by atoms with Crippen LogP contribution in [0.3, 0.4) is 0 Å². The molecule has 0 spiro atoms. The highest BCUT2D eigenvalue weighted by molar-refractivity contribution is 9.10. The van der Waals surface area contributed by atoms with Gasteiger partial charge in [-0.15, -0.1) is 0 Å². The first-order valence-corrected chi connectivity index (χ1v) is 7.08. The first kappa shape index (κ1) is 11.8. The molecule has 0 fully saturated rings. The lowest BCUT2D eigenvalue weighted by molar-refractivity contribution is 0.755. The van der Waals surface area contributed by atoms with Gasteiger partial charge in [0, 0.05) is 16.6 Å². The number of para-hydroxylation sites is 1. The van der Waals surface area contributed by atoms with Gasteiger partial charge in [-0.2, -0.15) is 5.10 Å². The predicted octanol–water partition coefficient (Wildman–Crippen LogP) is 3.73. The summed E-state index contributed by atoms with van der Waals surface area (Å²) in [6.07, 6.45) is 1.08. The summed E-state index contributed by atoms with van der Waals surface area (Å²) in [4.78, 5) is 0. The SMILES string of the molecule is CC(C)c1nn(-c2ccccc2Br)c2c1CCN2. The number of aromatic nitrogens is 2. The zero-order valence-electron chi connectivity index (χ0n) is 10.6. The van der Waals surface area contributed by atoms with Crippen molar-refractivity contribution < 1.29 is 0 Å². The third-order valence-electron chi connectivity index (χ3n) is 3.31. The zero-order valence-corrected chi connectivity index (χ0v) is 12.2. The van der Waals surface area contributed by atoms with Gasteiger partial charge in [-0.05, 0) is 40.4 Å². The monoisotopic (exact) mass is 305 g/mol. The van der Waals surface area contributed by atoms with Crippen LogP contribution >= 0.6 is 15.9 Å². The van der Waals surface area contributed by atoms with Crippen molar-refractivity contribution >= 4 is 21.7 Å². The van der Waals surface area contributed by atoms with Gasteiger partial charge in [0.25, 0.3) is 0 Å². The molecular formula is C14H16BrN3.